The number of aromatic nitrogens is 2. The predicted octanol–water partition coefficient (Wildman–Crippen LogP) is 13.9. The van der Waals surface area contributed by atoms with Gasteiger partial charge in [0.1, 0.15) is 16.9 Å². The quantitative estimate of drug-likeness (QED) is 0.185. The first-order chi connectivity index (χ1) is 27.0. The summed E-state index contributed by atoms with van der Waals surface area (Å²) in [4.78, 5) is 12.6. The molecule has 1 N–H and O–H groups in total. The smallest absolute Gasteiger partial charge is 0.136 e. The molecule has 4 aromatic heterocycles. The number of benzene rings is 6. The molecule has 55 heavy (non-hydrogen) atoms. The van der Waals surface area contributed by atoms with Crippen molar-refractivity contribution in [2.75, 3.05) is 0 Å². The van der Waals surface area contributed by atoms with Crippen LogP contribution in [0.3, 0.4) is 0 Å². The van der Waals surface area contributed by atoms with Crippen LogP contribution in [-0.4, -0.2) is 15.1 Å². The van der Waals surface area contributed by atoms with E-state index in [1.165, 1.54) is 20.5 Å². The second-order valence-electron chi connectivity index (χ2n) is 14.0. The molecular formula is C50H34N2O2S. The summed E-state index contributed by atoms with van der Waals surface area (Å²) in [6, 6.07) is 56.6. The van der Waals surface area contributed by atoms with Gasteiger partial charge in [-0.15, -0.1) is 11.3 Å². The summed E-state index contributed by atoms with van der Waals surface area (Å²) < 4.78 is 6.29. The number of aromatic hydroxyl groups is 1. The minimum Gasteiger partial charge on any atom is -0.507 e. The van der Waals surface area contributed by atoms with E-state index in [4.69, 9.17) is 14.4 Å². The van der Waals surface area contributed by atoms with Gasteiger partial charge in [0.05, 0.1) is 17.1 Å². The highest BCUT2D eigenvalue weighted by atomic mass is 32.1. The molecule has 0 bridgehead atoms. The van der Waals surface area contributed by atoms with Crippen LogP contribution in [0, 0.1) is 13.8 Å². The van der Waals surface area contributed by atoms with Gasteiger partial charge in [0.25, 0.3) is 0 Å². The van der Waals surface area contributed by atoms with Gasteiger partial charge in [-0.05, 0) is 96.3 Å². The summed E-state index contributed by atoms with van der Waals surface area (Å²) in [6.07, 6.45) is 0. The Morgan fingerprint density at radius 2 is 1.05 bits per heavy atom. The number of fused-ring (bicyclic) bond motifs is 4. The minimum absolute atomic E-state index is 0.246. The molecule has 0 saturated carbocycles. The summed E-state index contributed by atoms with van der Waals surface area (Å²) in [5.74, 6) is 0.246. The van der Waals surface area contributed by atoms with E-state index in [9.17, 15) is 5.11 Å². The van der Waals surface area contributed by atoms with E-state index < -0.39 is 0 Å². The predicted molar refractivity (Wildman–Crippen MR) is 228 cm³/mol. The van der Waals surface area contributed by atoms with E-state index in [2.05, 4.69) is 122 Å². The third-order valence-electron chi connectivity index (χ3n) is 10.4. The molecule has 262 valence electrons. The number of para-hydroxylation sites is 2. The number of phenolic OH excluding ortho intramolecular Hbond substituents is 1. The van der Waals surface area contributed by atoms with Crippen molar-refractivity contribution in [1.82, 2.24) is 9.97 Å². The first-order valence-corrected chi connectivity index (χ1v) is 19.2. The summed E-state index contributed by atoms with van der Waals surface area (Å²) in [5, 5.41) is 15.8. The maximum Gasteiger partial charge on any atom is 0.136 e. The minimum atomic E-state index is 0.246. The molecule has 5 heteroatoms. The van der Waals surface area contributed by atoms with Crippen molar-refractivity contribution in [1.29, 1.82) is 0 Å². The van der Waals surface area contributed by atoms with Crippen molar-refractivity contribution in [3.8, 4) is 71.5 Å². The third-order valence-corrected chi connectivity index (χ3v) is 11.7. The molecule has 0 radical (unpaired) electrons. The molecule has 4 heterocycles. The van der Waals surface area contributed by atoms with E-state index in [1.54, 1.807) is 0 Å². The zero-order chi connectivity index (χ0) is 37.0. The fourth-order valence-corrected chi connectivity index (χ4v) is 8.91. The molecule has 6 aromatic carbocycles. The highest BCUT2D eigenvalue weighted by Crippen LogP contribution is 2.46. The standard InChI is InChI=1S/C50H34N2O2S/c1-30-12-10-20-42(48(30)53)45-27-36(32-13-4-3-5-14-32)26-44(52-45)34-16-11-15-33(25-34)43-28-37(24-31(2)51-43)50-41-19-7-6-18-40(41)49(55-50)35-22-23-39-38-17-8-9-21-46(38)54-47(39)29-35/h3-29,53H,1-2H3. The Bertz CT molecular complexity index is 3090. The molecule has 0 aliphatic heterocycles. The number of aryl methyl sites for hydroxylation is 2. The van der Waals surface area contributed by atoms with Gasteiger partial charge in [-0.3, -0.25) is 4.98 Å². The van der Waals surface area contributed by atoms with Crippen LogP contribution in [0.2, 0.25) is 0 Å². The normalized spacial score (nSPS) is 11.5. The Hall–Kier alpha value is -6.82. The highest BCUT2D eigenvalue weighted by molar-refractivity contribution is 7.21. The van der Waals surface area contributed by atoms with E-state index >= 15 is 0 Å². The molecule has 0 amide bonds. The summed E-state index contributed by atoms with van der Waals surface area (Å²) in [5.41, 5.74) is 13.1. The van der Waals surface area contributed by atoms with Crippen molar-refractivity contribution in [2.45, 2.75) is 13.8 Å². The summed E-state index contributed by atoms with van der Waals surface area (Å²) in [6.45, 7) is 3.98. The van der Waals surface area contributed by atoms with Crippen molar-refractivity contribution >= 4 is 44.0 Å². The van der Waals surface area contributed by atoms with Crippen LogP contribution < -0.4 is 0 Å². The van der Waals surface area contributed by atoms with Crippen molar-refractivity contribution in [3.05, 3.63) is 175 Å². The Morgan fingerprint density at radius 3 is 1.85 bits per heavy atom. The number of rotatable bonds is 6. The first-order valence-electron chi connectivity index (χ1n) is 18.4. The molecule has 4 nitrogen and oxygen atoms in total. The van der Waals surface area contributed by atoms with E-state index in [0.29, 0.717) is 5.56 Å². The topological polar surface area (TPSA) is 59.2 Å². The van der Waals surface area contributed by atoms with Crippen LogP contribution in [-0.2, 0) is 0 Å². The fraction of sp³-hybridized carbons (Fsp3) is 0.0400. The lowest BCUT2D eigenvalue weighted by atomic mass is 9.97. The van der Waals surface area contributed by atoms with E-state index in [1.807, 2.05) is 66.8 Å². The number of thiophene rings is 1. The number of pyridine rings is 2. The van der Waals surface area contributed by atoms with Crippen molar-refractivity contribution < 1.29 is 9.52 Å². The van der Waals surface area contributed by atoms with Gasteiger partial charge in [-0.25, -0.2) is 4.98 Å². The average molecular weight is 727 g/mol. The third kappa shape index (κ3) is 5.86. The molecule has 0 spiro atoms. The Balaban J connectivity index is 1.07. The molecule has 0 atom stereocenters. The van der Waals surface area contributed by atoms with Crippen molar-refractivity contribution in [3.63, 3.8) is 0 Å². The van der Waals surface area contributed by atoms with Gasteiger partial charge in [0.2, 0.25) is 0 Å². The van der Waals surface area contributed by atoms with Gasteiger partial charge < -0.3 is 9.52 Å². The van der Waals surface area contributed by atoms with Gasteiger partial charge >= 0.3 is 0 Å². The molecule has 0 saturated heterocycles. The SMILES string of the molecule is Cc1cc(-c2sc(-c3ccc4c(c3)oc3ccccc34)c3ccccc23)cc(-c2cccc(-c3cc(-c4ccccc4)cc(-c4cccc(C)c4O)n3)c2)n1. The summed E-state index contributed by atoms with van der Waals surface area (Å²) >= 11 is 1.81. The molecule has 10 rings (SSSR count). The molecule has 0 aliphatic carbocycles. The number of hydrogen-bond donors (Lipinski definition) is 1. The monoisotopic (exact) mass is 726 g/mol. The molecule has 0 aliphatic rings. The maximum atomic E-state index is 11.1. The van der Waals surface area contributed by atoms with Crippen molar-refractivity contribution in [2.24, 2.45) is 0 Å². The number of phenols is 1. The van der Waals surface area contributed by atoms with Crippen LogP contribution in [0.4, 0.5) is 0 Å². The Kier molecular flexibility index (Phi) is 7.90. The average Bonchev–Trinajstić information content (AvgIpc) is 3.80. The number of hydrogen-bond acceptors (Lipinski definition) is 5. The second-order valence-corrected chi connectivity index (χ2v) is 15.1. The molecule has 10 aromatic rings. The highest BCUT2D eigenvalue weighted by Gasteiger charge is 2.18. The van der Waals surface area contributed by atoms with Crippen LogP contribution in [0.1, 0.15) is 11.3 Å². The fourth-order valence-electron chi connectivity index (χ4n) is 7.65. The lowest BCUT2D eigenvalue weighted by Crippen LogP contribution is -1.93. The maximum absolute atomic E-state index is 11.1. The van der Waals surface area contributed by atoms with Crippen LogP contribution in [0.25, 0.3) is 98.5 Å². The second kappa shape index (κ2) is 13.2. The van der Waals surface area contributed by atoms with Gasteiger partial charge in [0, 0.05) is 53.7 Å². The van der Waals surface area contributed by atoms with Gasteiger partial charge in [-0.1, -0.05) is 109 Å². The van der Waals surface area contributed by atoms with Crippen LogP contribution in [0.15, 0.2) is 168 Å². The number of nitrogens with zero attached hydrogens (tertiary/aromatic N) is 2. The lowest BCUT2D eigenvalue weighted by molar-refractivity contribution is 0.473. The molecular weight excluding hydrogens is 693 g/mol. The zero-order valence-electron chi connectivity index (χ0n) is 30.2. The number of furan rings is 1. The molecule has 0 unspecified atom stereocenters. The van der Waals surface area contributed by atoms with Gasteiger partial charge in [-0.2, -0.15) is 0 Å². The lowest BCUT2D eigenvalue weighted by Gasteiger charge is -2.13. The first kappa shape index (κ1) is 32.8. The van der Waals surface area contributed by atoms with Crippen LogP contribution >= 0.6 is 11.3 Å². The van der Waals surface area contributed by atoms with E-state index in [-0.39, 0.29) is 5.75 Å². The zero-order valence-corrected chi connectivity index (χ0v) is 31.1. The molecule has 0 fully saturated rings. The Labute approximate surface area is 322 Å². The largest absolute Gasteiger partial charge is 0.507 e. The summed E-state index contributed by atoms with van der Waals surface area (Å²) in [7, 11) is 0. The van der Waals surface area contributed by atoms with Gasteiger partial charge in [0.15, 0.2) is 0 Å². The van der Waals surface area contributed by atoms with E-state index in [0.717, 1.165) is 83.7 Å². The van der Waals surface area contributed by atoms with Crippen LogP contribution in [0.5, 0.6) is 5.75 Å². The Morgan fingerprint density at radius 1 is 0.436 bits per heavy atom.